The Morgan fingerprint density at radius 3 is 2.63 bits per heavy atom. The first-order valence-electron chi connectivity index (χ1n) is 6.04. The number of hydrogen-bond donors (Lipinski definition) is 0. The van der Waals surface area contributed by atoms with Gasteiger partial charge in [-0.2, -0.15) is 0 Å². The Balaban J connectivity index is 2.41. The van der Waals surface area contributed by atoms with Crippen LogP contribution in [0.5, 0.6) is 0 Å². The summed E-state index contributed by atoms with van der Waals surface area (Å²) in [6, 6.07) is 5.93. The molecule has 19 heavy (non-hydrogen) atoms. The fourth-order valence-electron chi connectivity index (χ4n) is 1.62. The number of carbonyl (C=O) groups excluding carboxylic acids is 1. The van der Waals surface area contributed by atoms with Gasteiger partial charge < -0.3 is 4.79 Å². The van der Waals surface area contributed by atoms with Gasteiger partial charge in [0.15, 0.2) is 0 Å². The van der Waals surface area contributed by atoms with Gasteiger partial charge in [0, 0.05) is 40.3 Å². The van der Waals surface area contributed by atoms with Crippen molar-refractivity contribution >= 4 is 18.0 Å². The minimum Gasteiger partial charge on any atom is -0.302 e. The van der Waals surface area contributed by atoms with Crippen LogP contribution in [-0.2, 0) is 4.79 Å². The molecule has 0 N–H and O–H groups in total. The van der Waals surface area contributed by atoms with E-state index in [2.05, 4.69) is 9.97 Å². The molecule has 0 aliphatic carbocycles. The zero-order valence-corrected chi connectivity index (χ0v) is 12.1. The van der Waals surface area contributed by atoms with Crippen molar-refractivity contribution in [2.75, 3.05) is 0 Å². The number of hydrogen-bond acceptors (Lipinski definition) is 4. The van der Waals surface area contributed by atoms with E-state index in [0.29, 0.717) is 0 Å². The summed E-state index contributed by atoms with van der Waals surface area (Å²) in [5.74, 6) is 0. The van der Waals surface area contributed by atoms with E-state index < -0.39 is 4.75 Å². The summed E-state index contributed by atoms with van der Waals surface area (Å²) in [5.41, 5.74) is 3.01. The van der Waals surface area contributed by atoms with Crippen LogP contribution in [0, 0.1) is 6.92 Å². The van der Waals surface area contributed by atoms with Crippen LogP contribution >= 0.6 is 11.8 Å². The van der Waals surface area contributed by atoms with Crippen LogP contribution in [0.15, 0.2) is 41.7 Å². The van der Waals surface area contributed by atoms with Gasteiger partial charge in [-0.05, 0) is 32.9 Å². The van der Waals surface area contributed by atoms with Crippen LogP contribution in [0.4, 0.5) is 0 Å². The highest BCUT2D eigenvalue weighted by Gasteiger charge is 2.20. The largest absolute Gasteiger partial charge is 0.302 e. The van der Waals surface area contributed by atoms with Crippen LogP contribution in [-0.4, -0.2) is 21.0 Å². The van der Waals surface area contributed by atoms with Crippen molar-refractivity contribution in [3.8, 4) is 11.1 Å². The Morgan fingerprint density at radius 1 is 1.21 bits per heavy atom. The third kappa shape index (κ3) is 3.41. The number of nitrogens with zero attached hydrogens (tertiary/aromatic N) is 2. The normalized spacial score (nSPS) is 11.3. The van der Waals surface area contributed by atoms with Crippen LogP contribution in [0.25, 0.3) is 11.1 Å². The van der Waals surface area contributed by atoms with Gasteiger partial charge in [-0.1, -0.05) is 6.07 Å². The summed E-state index contributed by atoms with van der Waals surface area (Å²) in [4.78, 5) is 20.6. The molecule has 3 nitrogen and oxygen atoms in total. The molecule has 0 fully saturated rings. The van der Waals surface area contributed by atoms with Crippen LogP contribution < -0.4 is 0 Å². The van der Waals surface area contributed by atoms with E-state index >= 15 is 0 Å². The van der Waals surface area contributed by atoms with Gasteiger partial charge in [-0.25, -0.2) is 0 Å². The minimum absolute atomic E-state index is 0.450. The first-order valence-corrected chi connectivity index (χ1v) is 6.86. The monoisotopic (exact) mass is 272 g/mol. The van der Waals surface area contributed by atoms with E-state index in [1.807, 2.05) is 51.4 Å². The highest BCUT2D eigenvalue weighted by atomic mass is 32.2. The fraction of sp³-hybridized carbons (Fsp3) is 0.267. The van der Waals surface area contributed by atoms with Crippen molar-refractivity contribution < 1.29 is 4.79 Å². The lowest BCUT2D eigenvalue weighted by Crippen LogP contribution is -2.15. The number of aldehydes is 1. The number of aryl methyl sites for hydroxylation is 1. The Hall–Kier alpha value is -1.68. The van der Waals surface area contributed by atoms with Crippen molar-refractivity contribution in [2.24, 2.45) is 0 Å². The second-order valence-electron chi connectivity index (χ2n) is 4.88. The van der Waals surface area contributed by atoms with Crippen molar-refractivity contribution in [3.63, 3.8) is 0 Å². The zero-order valence-electron chi connectivity index (χ0n) is 11.3. The Labute approximate surface area is 117 Å². The summed E-state index contributed by atoms with van der Waals surface area (Å²) < 4.78 is -0.450. The molecule has 2 rings (SSSR count). The minimum atomic E-state index is -0.450. The van der Waals surface area contributed by atoms with Gasteiger partial charge >= 0.3 is 0 Å². The summed E-state index contributed by atoms with van der Waals surface area (Å²) in [5, 5.41) is 0. The van der Waals surface area contributed by atoms with Crippen LogP contribution in [0.1, 0.15) is 19.5 Å². The quantitative estimate of drug-likeness (QED) is 0.631. The lowest BCUT2D eigenvalue weighted by molar-refractivity contribution is -0.109. The molecule has 4 heteroatoms. The van der Waals surface area contributed by atoms with E-state index in [1.54, 1.807) is 6.20 Å². The Kier molecular flexibility index (Phi) is 4.00. The molecule has 2 aromatic rings. The van der Waals surface area contributed by atoms with Crippen molar-refractivity contribution in [3.05, 3.63) is 42.5 Å². The maximum Gasteiger partial charge on any atom is 0.135 e. The fourth-order valence-corrected chi connectivity index (χ4v) is 2.65. The van der Waals surface area contributed by atoms with Gasteiger partial charge in [0.2, 0.25) is 0 Å². The second-order valence-corrected chi connectivity index (χ2v) is 6.58. The van der Waals surface area contributed by atoms with Gasteiger partial charge in [0.05, 0.1) is 4.75 Å². The number of thioether (sulfide) groups is 1. The average molecular weight is 272 g/mol. The van der Waals surface area contributed by atoms with E-state index in [4.69, 9.17) is 0 Å². The molecule has 98 valence electrons. The molecule has 0 aliphatic rings. The maximum atomic E-state index is 11.1. The van der Waals surface area contributed by atoms with Gasteiger partial charge in [0.25, 0.3) is 0 Å². The van der Waals surface area contributed by atoms with Crippen molar-refractivity contribution in [1.82, 2.24) is 9.97 Å². The summed E-state index contributed by atoms with van der Waals surface area (Å²) >= 11 is 1.54. The van der Waals surface area contributed by atoms with Gasteiger partial charge in [0.1, 0.15) is 6.29 Å². The lowest BCUT2D eigenvalue weighted by Gasteiger charge is -2.18. The maximum absolute atomic E-state index is 11.1. The molecular formula is C15H16N2OS. The summed E-state index contributed by atoms with van der Waals surface area (Å²) in [6.45, 7) is 5.77. The third-order valence-corrected chi connectivity index (χ3v) is 3.86. The van der Waals surface area contributed by atoms with Crippen molar-refractivity contribution in [2.45, 2.75) is 30.4 Å². The molecule has 2 aromatic heterocycles. The molecule has 0 amide bonds. The molecule has 0 saturated heterocycles. The first kappa shape index (κ1) is 13.7. The van der Waals surface area contributed by atoms with Gasteiger partial charge in [-0.3, -0.25) is 9.97 Å². The molecular weight excluding hydrogens is 256 g/mol. The third-order valence-electron chi connectivity index (χ3n) is 2.66. The summed E-state index contributed by atoms with van der Waals surface area (Å²) in [6.07, 6.45) is 6.36. The van der Waals surface area contributed by atoms with Crippen molar-refractivity contribution in [1.29, 1.82) is 0 Å². The number of pyridine rings is 2. The number of rotatable bonds is 4. The molecule has 0 saturated carbocycles. The molecule has 0 aliphatic heterocycles. The molecule has 2 heterocycles. The zero-order chi connectivity index (χ0) is 13.9. The topological polar surface area (TPSA) is 42.9 Å². The molecule has 0 aromatic carbocycles. The average Bonchev–Trinajstić information content (AvgIpc) is 2.40. The molecule has 0 bridgehead atoms. The lowest BCUT2D eigenvalue weighted by atomic mass is 10.1. The molecule has 0 spiro atoms. The molecule has 0 atom stereocenters. The second kappa shape index (κ2) is 5.53. The van der Waals surface area contributed by atoms with Crippen LogP contribution in [0.2, 0.25) is 0 Å². The predicted octanol–water partition coefficient (Wildman–Crippen LogP) is 3.52. The number of aromatic nitrogens is 2. The standard InChI is InChI=1S/C15H16N2OS/c1-11-4-5-12(8-17-11)13-9-16-7-6-14(13)19-15(2,3)10-18/h4-10H,1-3H3. The van der Waals surface area contributed by atoms with Gasteiger partial charge in [-0.15, -0.1) is 11.8 Å². The predicted molar refractivity (Wildman–Crippen MR) is 78.2 cm³/mol. The van der Waals surface area contributed by atoms with E-state index in [-0.39, 0.29) is 0 Å². The molecule has 0 radical (unpaired) electrons. The van der Waals surface area contributed by atoms with E-state index in [0.717, 1.165) is 28.0 Å². The van der Waals surface area contributed by atoms with Crippen LogP contribution in [0.3, 0.4) is 0 Å². The smallest absolute Gasteiger partial charge is 0.135 e. The van der Waals surface area contributed by atoms with E-state index in [9.17, 15) is 4.79 Å². The Bertz CT molecular complexity index is 579. The van der Waals surface area contributed by atoms with E-state index in [1.165, 1.54) is 11.8 Å². The number of carbonyl (C=O) groups is 1. The SMILES string of the molecule is Cc1ccc(-c2cnccc2SC(C)(C)C=O)cn1. The highest BCUT2D eigenvalue weighted by Crippen LogP contribution is 2.37. The Morgan fingerprint density at radius 2 is 2.00 bits per heavy atom. The molecule has 0 unspecified atom stereocenters. The summed E-state index contributed by atoms with van der Waals surface area (Å²) in [7, 11) is 0. The highest BCUT2D eigenvalue weighted by molar-refractivity contribution is 8.01. The first-order chi connectivity index (χ1) is 9.02.